The van der Waals surface area contributed by atoms with Gasteiger partial charge in [0.2, 0.25) is 0 Å². The second kappa shape index (κ2) is 4.49. The van der Waals surface area contributed by atoms with Crippen molar-refractivity contribution in [1.82, 2.24) is 10.2 Å². The first-order valence-electron chi connectivity index (χ1n) is 5.58. The van der Waals surface area contributed by atoms with Crippen molar-refractivity contribution < 1.29 is 9.90 Å². The normalized spacial score (nSPS) is 19.6. The van der Waals surface area contributed by atoms with Crippen molar-refractivity contribution in [1.29, 1.82) is 5.41 Å². The standard InChI is InChI=1S/C12H14ClN3O2/c1-6(2)16-10(11(14)15-12(16)18)7-3-4-9(17)8(13)5-7/h3-6,10,17H,1-2H3,(H2,14,15,18). The van der Waals surface area contributed by atoms with Crippen molar-refractivity contribution >= 4 is 23.5 Å². The first-order chi connectivity index (χ1) is 8.41. The zero-order valence-corrected chi connectivity index (χ0v) is 10.8. The number of carbonyl (C=O) groups is 1. The predicted molar refractivity (Wildman–Crippen MR) is 69.1 cm³/mol. The van der Waals surface area contributed by atoms with E-state index in [1.807, 2.05) is 13.8 Å². The Hall–Kier alpha value is -1.75. The van der Waals surface area contributed by atoms with E-state index in [9.17, 15) is 9.90 Å². The van der Waals surface area contributed by atoms with Crippen molar-refractivity contribution in [2.24, 2.45) is 0 Å². The van der Waals surface area contributed by atoms with E-state index in [4.69, 9.17) is 17.0 Å². The fraction of sp³-hybridized carbons (Fsp3) is 0.333. The number of aromatic hydroxyl groups is 1. The molecule has 1 heterocycles. The summed E-state index contributed by atoms with van der Waals surface area (Å²) in [7, 11) is 0. The van der Waals surface area contributed by atoms with Crippen molar-refractivity contribution in [3.63, 3.8) is 0 Å². The molecule has 3 N–H and O–H groups in total. The molecule has 0 aliphatic carbocycles. The van der Waals surface area contributed by atoms with E-state index in [0.717, 1.165) is 0 Å². The largest absolute Gasteiger partial charge is 0.506 e. The van der Waals surface area contributed by atoms with E-state index in [1.165, 1.54) is 6.07 Å². The van der Waals surface area contributed by atoms with E-state index in [0.29, 0.717) is 5.56 Å². The third kappa shape index (κ3) is 2.01. The fourth-order valence-corrected chi connectivity index (χ4v) is 2.25. The maximum absolute atomic E-state index is 11.8. The Morgan fingerprint density at radius 2 is 2.17 bits per heavy atom. The van der Waals surface area contributed by atoms with Crippen molar-refractivity contribution in [3.8, 4) is 5.75 Å². The highest BCUT2D eigenvalue weighted by Crippen LogP contribution is 2.32. The number of benzene rings is 1. The third-order valence-electron chi connectivity index (χ3n) is 2.87. The number of amides is 2. The minimum Gasteiger partial charge on any atom is -0.506 e. The van der Waals surface area contributed by atoms with Gasteiger partial charge in [-0.1, -0.05) is 17.7 Å². The number of nitrogens with one attached hydrogen (secondary N) is 2. The van der Waals surface area contributed by atoms with E-state index in [2.05, 4.69) is 5.32 Å². The molecule has 18 heavy (non-hydrogen) atoms. The number of halogens is 1. The summed E-state index contributed by atoms with van der Waals surface area (Å²) in [5, 5.41) is 19.9. The van der Waals surface area contributed by atoms with E-state index < -0.39 is 6.04 Å². The SMILES string of the molecule is CC(C)N1C(=O)NC(=N)C1c1ccc(O)c(Cl)c1. The molecule has 1 fully saturated rings. The predicted octanol–water partition coefficient (Wildman–Crippen LogP) is 2.50. The fourth-order valence-electron chi connectivity index (χ4n) is 2.06. The molecule has 0 bridgehead atoms. The van der Waals surface area contributed by atoms with Gasteiger partial charge < -0.3 is 10.0 Å². The quantitative estimate of drug-likeness (QED) is 0.770. The molecule has 1 aliphatic rings. The van der Waals surface area contributed by atoms with Gasteiger partial charge >= 0.3 is 6.03 Å². The number of carbonyl (C=O) groups excluding carboxylic acids is 1. The Labute approximate surface area is 110 Å². The van der Waals surface area contributed by atoms with Gasteiger partial charge in [0.1, 0.15) is 17.6 Å². The number of nitrogens with zero attached hydrogens (tertiary/aromatic N) is 1. The lowest BCUT2D eigenvalue weighted by Crippen LogP contribution is -2.35. The van der Waals surface area contributed by atoms with Gasteiger partial charge in [-0.3, -0.25) is 10.7 Å². The number of phenols is 1. The third-order valence-corrected chi connectivity index (χ3v) is 3.17. The molecule has 0 saturated carbocycles. The van der Waals surface area contributed by atoms with Crippen LogP contribution in [0, 0.1) is 5.41 Å². The molecule has 1 aliphatic heterocycles. The van der Waals surface area contributed by atoms with Gasteiger partial charge in [-0.2, -0.15) is 0 Å². The molecular formula is C12H14ClN3O2. The highest BCUT2D eigenvalue weighted by molar-refractivity contribution is 6.32. The van der Waals surface area contributed by atoms with Crippen LogP contribution >= 0.6 is 11.6 Å². The first kappa shape index (κ1) is 12.7. The minimum absolute atomic E-state index is 0.0136. The Balaban J connectivity index is 2.43. The number of phenolic OH excluding ortho intramolecular Hbond substituents is 1. The molecule has 0 aromatic heterocycles. The summed E-state index contributed by atoms with van der Waals surface area (Å²) in [5.74, 6) is 0.107. The van der Waals surface area contributed by atoms with Gasteiger partial charge in [0.15, 0.2) is 0 Å². The van der Waals surface area contributed by atoms with Gasteiger partial charge in [0.05, 0.1) is 5.02 Å². The molecule has 1 aromatic carbocycles. The topological polar surface area (TPSA) is 76.4 Å². The first-order valence-corrected chi connectivity index (χ1v) is 5.95. The van der Waals surface area contributed by atoms with Crippen molar-refractivity contribution in [3.05, 3.63) is 28.8 Å². The molecule has 5 nitrogen and oxygen atoms in total. The molecular weight excluding hydrogens is 254 g/mol. The van der Waals surface area contributed by atoms with Crippen molar-refractivity contribution in [2.75, 3.05) is 0 Å². The van der Waals surface area contributed by atoms with E-state index >= 15 is 0 Å². The Bertz CT molecular complexity index is 516. The van der Waals surface area contributed by atoms with Gasteiger partial charge in [0, 0.05) is 6.04 Å². The van der Waals surface area contributed by atoms with Gasteiger partial charge in [-0.05, 0) is 31.5 Å². The van der Waals surface area contributed by atoms with Gasteiger partial charge in [0.25, 0.3) is 0 Å². The summed E-state index contributed by atoms with van der Waals surface area (Å²) in [6.45, 7) is 3.76. The summed E-state index contributed by atoms with van der Waals surface area (Å²) in [5.41, 5.74) is 0.704. The molecule has 0 radical (unpaired) electrons. The zero-order valence-electron chi connectivity index (χ0n) is 10.1. The minimum atomic E-state index is -0.476. The summed E-state index contributed by atoms with van der Waals surface area (Å²) in [4.78, 5) is 13.3. The van der Waals surface area contributed by atoms with Crippen LogP contribution in [0.4, 0.5) is 4.79 Å². The van der Waals surface area contributed by atoms with Crippen LogP contribution in [0.25, 0.3) is 0 Å². The maximum atomic E-state index is 11.8. The second-order valence-electron chi connectivity index (χ2n) is 4.46. The molecule has 1 unspecified atom stereocenters. The van der Waals surface area contributed by atoms with Gasteiger partial charge in [-0.15, -0.1) is 0 Å². The van der Waals surface area contributed by atoms with Crippen LogP contribution < -0.4 is 5.32 Å². The molecule has 2 amide bonds. The summed E-state index contributed by atoms with van der Waals surface area (Å²) < 4.78 is 0. The van der Waals surface area contributed by atoms with Crippen LogP contribution in [-0.4, -0.2) is 27.9 Å². The van der Waals surface area contributed by atoms with Crippen LogP contribution in [0.3, 0.4) is 0 Å². The summed E-state index contributed by atoms with van der Waals surface area (Å²) in [6, 6.07) is 3.90. The van der Waals surface area contributed by atoms with Crippen LogP contribution in [0.1, 0.15) is 25.5 Å². The average molecular weight is 268 g/mol. The number of rotatable bonds is 2. The molecule has 96 valence electrons. The van der Waals surface area contributed by atoms with Crippen LogP contribution in [0.15, 0.2) is 18.2 Å². The van der Waals surface area contributed by atoms with Crippen molar-refractivity contribution in [2.45, 2.75) is 25.9 Å². The van der Waals surface area contributed by atoms with Crippen LogP contribution in [-0.2, 0) is 0 Å². The Kier molecular flexibility index (Phi) is 3.17. The highest BCUT2D eigenvalue weighted by Gasteiger charge is 2.38. The monoisotopic (exact) mass is 267 g/mol. The van der Waals surface area contributed by atoms with E-state index in [1.54, 1.807) is 17.0 Å². The summed E-state index contributed by atoms with van der Waals surface area (Å²) in [6.07, 6.45) is 0. The number of hydrogen-bond acceptors (Lipinski definition) is 3. The molecule has 1 saturated heterocycles. The Morgan fingerprint density at radius 1 is 1.50 bits per heavy atom. The lowest BCUT2D eigenvalue weighted by Gasteiger charge is -2.26. The highest BCUT2D eigenvalue weighted by atomic mass is 35.5. The van der Waals surface area contributed by atoms with Gasteiger partial charge in [-0.25, -0.2) is 4.79 Å². The zero-order chi connectivity index (χ0) is 13.4. The van der Waals surface area contributed by atoms with Crippen LogP contribution in [0.2, 0.25) is 5.02 Å². The Morgan fingerprint density at radius 3 is 2.72 bits per heavy atom. The molecule has 6 heteroatoms. The number of amidine groups is 1. The molecule has 0 spiro atoms. The smallest absolute Gasteiger partial charge is 0.323 e. The molecule has 1 atom stereocenters. The maximum Gasteiger partial charge on any atom is 0.323 e. The molecule has 1 aromatic rings. The average Bonchev–Trinajstić information content (AvgIpc) is 2.57. The lowest BCUT2D eigenvalue weighted by molar-refractivity contribution is 0.190. The van der Waals surface area contributed by atoms with E-state index in [-0.39, 0.29) is 28.7 Å². The molecule has 2 rings (SSSR count). The van der Waals surface area contributed by atoms with Crippen LogP contribution in [0.5, 0.6) is 5.75 Å². The lowest BCUT2D eigenvalue weighted by atomic mass is 10.0. The number of urea groups is 1. The second-order valence-corrected chi connectivity index (χ2v) is 4.87. The number of hydrogen-bond donors (Lipinski definition) is 3. The summed E-state index contributed by atoms with van der Waals surface area (Å²) >= 11 is 5.86.